The van der Waals surface area contributed by atoms with E-state index in [4.69, 9.17) is 11.6 Å². The predicted molar refractivity (Wildman–Crippen MR) is 61.1 cm³/mol. The lowest BCUT2D eigenvalue weighted by molar-refractivity contribution is 0.480. The smallest absolute Gasteiger partial charge is 0.138 e. The summed E-state index contributed by atoms with van der Waals surface area (Å²) in [5.74, 6) is 0.347. The number of hydrogen-bond acceptors (Lipinski definition) is 2. The Kier molecular flexibility index (Phi) is 2.49. The van der Waals surface area contributed by atoms with E-state index in [9.17, 15) is 5.11 Å². The molecule has 0 atom stereocenters. The van der Waals surface area contributed by atoms with Gasteiger partial charge in [-0.1, -0.05) is 27.5 Å². The number of benzene rings is 1. The summed E-state index contributed by atoms with van der Waals surface area (Å²) in [7, 11) is 0. The molecule has 0 aliphatic heterocycles. The maximum absolute atomic E-state index is 9.74. The largest absolute Gasteiger partial charge is 0.506 e. The summed E-state index contributed by atoms with van der Waals surface area (Å²) in [4.78, 5) is 0.942. The molecule has 2 rings (SSSR count). The molecular weight excluding hydrogens is 272 g/mol. The van der Waals surface area contributed by atoms with E-state index >= 15 is 0 Å². The van der Waals surface area contributed by atoms with Crippen molar-refractivity contribution >= 4 is 49.0 Å². The quantitative estimate of drug-likeness (QED) is 0.776. The summed E-state index contributed by atoms with van der Waals surface area (Å²) in [6, 6.07) is 5.54. The normalized spacial score (nSPS) is 10.9. The molecule has 0 fully saturated rings. The summed E-state index contributed by atoms with van der Waals surface area (Å²) in [5.41, 5.74) is 0. The van der Waals surface area contributed by atoms with Gasteiger partial charge in [0.1, 0.15) is 5.75 Å². The third-order valence-electron chi connectivity index (χ3n) is 1.82. The van der Waals surface area contributed by atoms with Gasteiger partial charge in [-0.3, -0.25) is 0 Å². The van der Waals surface area contributed by atoms with Gasteiger partial charge in [0.15, 0.2) is 0 Å². The van der Waals surface area contributed by atoms with Gasteiger partial charge in [-0.25, -0.2) is 0 Å². The second-order valence-electron chi connectivity index (χ2n) is 2.65. The molecule has 68 valence electrons. The van der Waals surface area contributed by atoms with E-state index < -0.39 is 0 Å². The zero-order valence-electron chi connectivity index (χ0n) is 6.55. The highest BCUT2D eigenvalue weighted by Crippen LogP contribution is 2.39. The maximum atomic E-state index is 9.74. The van der Waals surface area contributed by atoms with Crippen molar-refractivity contribution in [1.82, 2.24) is 0 Å². The number of hydrogen-bond donors (Lipinski definition) is 1. The molecule has 1 aromatic carbocycles. The Morgan fingerprint density at radius 2 is 2.23 bits per heavy atom. The second-order valence-corrected chi connectivity index (χ2v) is 4.78. The zero-order valence-corrected chi connectivity index (χ0v) is 9.71. The number of thiophene rings is 1. The first-order chi connectivity index (χ1) is 6.22. The van der Waals surface area contributed by atoms with Gasteiger partial charge in [0.2, 0.25) is 0 Å². The lowest BCUT2D eigenvalue weighted by Crippen LogP contribution is -1.68. The fraction of sp³-hybridized carbons (Fsp3) is 0.111. The number of aromatic hydroxyl groups is 1. The van der Waals surface area contributed by atoms with Gasteiger partial charge in [0, 0.05) is 20.4 Å². The van der Waals surface area contributed by atoms with Crippen molar-refractivity contribution in [2.24, 2.45) is 0 Å². The number of rotatable bonds is 1. The highest BCUT2D eigenvalue weighted by atomic mass is 79.9. The van der Waals surface area contributed by atoms with Crippen molar-refractivity contribution < 1.29 is 5.11 Å². The highest BCUT2D eigenvalue weighted by Gasteiger charge is 2.09. The SMILES string of the molecule is Oc1c(CBr)sc2ccc(Cl)cc12. The zero-order chi connectivity index (χ0) is 9.42. The van der Waals surface area contributed by atoms with Gasteiger partial charge < -0.3 is 5.11 Å². The molecule has 0 spiro atoms. The minimum Gasteiger partial charge on any atom is -0.506 e. The van der Waals surface area contributed by atoms with E-state index in [1.54, 1.807) is 17.4 Å². The van der Waals surface area contributed by atoms with Crippen molar-refractivity contribution in [3.63, 3.8) is 0 Å². The van der Waals surface area contributed by atoms with Crippen LogP contribution in [0.2, 0.25) is 5.02 Å². The van der Waals surface area contributed by atoms with E-state index in [-0.39, 0.29) is 0 Å². The van der Waals surface area contributed by atoms with E-state index in [2.05, 4.69) is 15.9 Å². The minimum absolute atomic E-state index is 0.347. The predicted octanol–water partition coefficient (Wildman–Crippen LogP) is 4.16. The van der Waals surface area contributed by atoms with Crippen LogP contribution in [-0.2, 0) is 5.33 Å². The van der Waals surface area contributed by atoms with E-state index in [1.165, 1.54) is 0 Å². The van der Waals surface area contributed by atoms with Crippen LogP contribution in [-0.4, -0.2) is 5.11 Å². The van der Waals surface area contributed by atoms with Crippen molar-refractivity contribution in [3.05, 3.63) is 28.1 Å². The Balaban J connectivity index is 2.77. The van der Waals surface area contributed by atoms with Gasteiger partial charge in [0.05, 0.1) is 4.88 Å². The Morgan fingerprint density at radius 1 is 1.46 bits per heavy atom. The van der Waals surface area contributed by atoms with Crippen LogP contribution in [0.1, 0.15) is 4.88 Å². The lowest BCUT2D eigenvalue weighted by atomic mass is 10.2. The van der Waals surface area contributed by atoms with Crippen LogP contribution in [0.5, 0.6) is 5.75 Å². The molecule has 0 aliphatic rings. The molecule has 0 radical (unpaired) electrons. The Hall–Kier alpha value is -0.250. The summed E-state index contributed by atoms with van der Waals surface area (Å²) in [6.45, 7) is 0. The fourth-order valence-corrected chi connectivity index (χ4v) is 2.91. The van der Waals surface area contributed by atoms with Gasteiger partial charge >= 0.3 is 0 Å². The van der Waals surface area contributed by atoms with Gasteiger partial charge in [-0.05, 0) is 18.2 Å². The number of fused-ring (bicyclic) bond motifs is 1. The van der Waals surface area contributed by atoms with Crippen LogP contribution in [0.3, 0.4) is 0 Å². The topological polar surface area (TPSA) is 20.2 Å². The van der Waals surface area contributed by atoms with Crippen LogP contribution in [0, 0.1) is 0 Å². The molecule has 4 heteroatoms. The summed E-state index contributed by atoms with van der Waals surface area (Å²) in [6.07, 6.45) is 0. The minimum atomic E-state index is 0.347. The van der Waals surface area contributed by atoms with E-state index in [0.29, 0.717) is 16.1 Å². The van der Waals surface area contributed by atoms with Crippen LogP contribution < -0.4 is 0 Å². The maximum Gasteiger partial charge on any atom is 0.138 e. The number of alkyl halides is 1. The molecule has 1 aromatic heterocycles. The summed E-state index contributed by atoms with van der Waals surface area (Å²) >= 11 is 10.7. The molecule has 0 unspecified atom stereocenters. The molecule has 0 aliphatic carbocycles. The molecule has 0 saturated heterocycles. The van der Waals surface area contributed by atoms with Crippen LogP contribution in [0.4, 0.5) is 0 Å². The van der Waals surface area contributed by atoms with Crippen LogP contribution in [0.15, 0.2) is 18.2 Å². The molecule has 1 nitrogen and oxygen atoms in total. The second kappa shape index (κ2) is 3.48. The van der Waals surface area contributed by atoms with Crippen molar-refractivity contribution in [2.75, 3.05) is 0 Å². The van der Waals surface area contributed by atoms with Crippen molar-refractivity contribution in [2.45, 2.75) is 5.33 Å². The van der Waals surface area contributed by atoms with Gasteiger partial charge in [-0.2, -0.15) is 0 Å². The Labute approximate surface area is 93.1 Å². The third-order valence-corrected chi connectivity index (χ3v) is 4.14. The molecule has 0 amide bonds. The first-order valence-corrected chi connectivity index (χ1v) is 6.00. The monoisotopic (exact) mass is 276 g/mol. The van der Waals surface area contributed by atoms with Crippen LogP contribution in [0.25, 0.3) is 10.1 Å². The Morgan fingerprint density at radius 3 is 2.92 bits per heavy atom. The van der Waals surface area contributed by atoms with Crippen molar-refractivity contribution in [3.8, 4) is 5.75 Å². The summed E-state index contributed by atoms with van der Waals surface area (Å²) < 4.78 is 1.07. The highest BCUT2D eigenvalue weighted by molar-refractivity contribution is 9.08. The summed E-state index contributed by atoms with van der Waals surface area (Å²) in [5, 5.41) is 11.9. The fourth-order valence-electron chi connectivity index (χ4n) is 1.20. The standard InChI is InChI=1S/C9H6BrClOS/c10-4-8-9(12)6-3-5(11)1-2-7(6)13-8/h1-3,12H,4H2. The molecule has 1 N–H and O–H groups in total. The van der Waals surface area contributed by atoms with Crippen molar-refractivity contribution in [1.29, 1.82) is 0 Å². The van der Waals surface area contributed by atoms with E-state index in [0.717, 1.165) is 15.0 Å². The average Bonchev–Trinajstić information content (AvgIpc) is 2.44. The molecule has 0 bridgehead atoms. The third kappa shape index (κ3) is 1.56. The average molecular weight is 278 g/mol. The molecule has 2 aromatic rings. The van der Waals surface area contributed by atoms with Gasteiger partial charge in [0.25, 0.3) is 0 Å². The molecule has 1 heterocycles. The lowest BCUT2D eigenvalue weighted by Gasteiger charge is -1.92. The number of halogens is 2. The Bertz CT molecular complexity index is 452. The molecule has 13 heavy (non-hydrogen) atoms. The van der Waals surface area contributed by atoms with Crippen LogP contribution >= 0.6 is 38.9 Å². The van der Waals surface area contributed by atoms with E-state index in [1.807, 2.05) is 12.1 Å². The first kappa shape index (κ1) is 9.31. The molecular formula is C9H6BrClOS. The first-order valence-electron chi connectivity index (χ1n) is 3.68. The van der Waals surface area contributed by atoms with Gasteiger partial charge in [-0.15, -0.1) is 11.3 Å². The molecule has 0 saturated carbocycles.